The predicted octanol–water partition coefficient (Wildman–Crippen LogP) is 3.57. The molecule has 1 amide bonds. The highest BCUT2D eigenvalue weighted by Gasteiger charge is 2.38. The lowest BCUT2D eigenvalue weighted by molar-refractivity contribution is -0.192. The second-order valence-electron chi connectivity index (χ2n) is 6.74. The maximum Gasteiger partial charge on any atom is 0.490 e. The third-order valence-electron chi connectivity index (χ3n) is 4.31. The van der Waals surface area contributed by atoms with E-state index in [0.29, 0.717) is 13.0 Å². The summed E-state index contributed by atoms with van der Waals surface area (Å²) >= 11 is 0. The summed E-state index contributed by atoms with van der Waals surface area (Å²) in [6.45, 7) is 0.571. The third kappa shape index (κ3) is 8.19. The minimum atomic E-state index is -5.08. The number of aliphatic carboxylic acids is 1. The zero-order chi connectivity index (χ0) is 23.6. The molecule has 0 aliphatic heterocycles. The topological polar surface area (TPSA) is 105 Å². The van der Waals surface area contributed by atoms with Crippen molar-refractivity contribution in [3.05, 3.63) is 90.1 Å². The first-order valence-corrected chi connectivity index (χ1v) is 9.54. The Hall–Kier alpha value is -3.72. The van der Waals surface area contributed by atoms with Crippen LogP contribution >= 0.6 is 0 Å². The van der Waals surface area contributed by atoms with Crippen molar-refractivity contribution >= 4 is 11.9 Å². The minimum Gasteiger partial charge on any atom is -0.475 e. The summed E-state index contributed by atoms with van der Waals surface area (Å²) in [5, 5.41) is 10.4. The summed E-state index contributed by atoms with van der Waals surface area (Å²) in [5.41, 5.74) is 9.71. The fraction of sp³-hybridized carbons (Fsp3) is 0.174. The van der Waals surface area contributed by atoms with Gasteiger partial charge in [-0.3, -0.25) is 9.78 Å². The summed E-state index contributed by atoms with van der Waals surface area (Å²) in [5.74, 6) is -3.10. The quantitative estimate of drug-likeness (QED) is 0.516. The molecule has 0 saturated carbocycles. The molecular formula is C23H22F3N3O3. The second-order valence-corrected chi connectivity index (χ2v) is 6.74. The number of carbonyl (C=O) groups excluding carboxylic acids is 1. The number of primary amides is 1. The van der Waals surface area contributed by atoms with Crippen LogP contribution in [0.2, 0.25) is 0 Å². The van der Waals surface area contributed by atoms with E-state index in [2.05, 4.69) is 16.4 Å². The molecule has 0 aliphatic rings. The number of rotatable bonds is 7. The molecule has 0 spiro atoms. The number of carbonyl (C=O) groups is 2. The molecule has 4 N–H and O–H groups in total. The lowest BCUT2D eigenvalue weighted by Crippen LogP contribution is -2.42. The van der Waals surface area contributed by atoms with Gasteiger partial charge in [0.25, 0.3) is 0 Å². The fourth-order valence-corrected chi connectivity index (χ4v) is 2.74. The highest BCUT2D eigenvalue weighted by Crippen LogP contribution is 2.18. The zero-order valence-electron chi connectivity index (χ0n) is 16.9. The summed E-state index contributed by atoms with van der Waals surface area (Å²) in [7, 11) is 0. The van der Waals surface area contributed by atoms with E-state index in [9.17, 15) is 18.0 Å². The number of nitrogens with zero attached hydrogens (tertiary/aromatic N) is 1. The van der Waals surface area contributed by atoms with Crippen LogP contribution in [0.4, 0.5) is 13.2 Å². The average molecular weight is 445 g/mol. The van der Waals surface area contributed by atoms with Crippen LogP contribution in [0, 0.1) is 0 Å². The van der Waals surface area contributed by atoms with Gasteiger partial charge in [0.15, 0.2) is 0 Å². The van der Waals surface area contributed by atoms with Gasteiger partial charge >= 0.3 is 12.1 Å². The van der Waals surface area contributed by atoms with Crippen LogP contribution in [-0.2, 0) is 22.6 Å². The smallest absolute Gasteiger partial charge is 0.475 e. The number of hydrogen-bond donors (Lipinski definition) is 3. The summed E-state index contributed by atoms with van der Waals surface area (Å²) in [4.78, 5) is 25.0. The Morgan fingerprint density at radius 1 is 0.969 bits per heavy atom. The van der Waals surface area contributed by atoms with Crippen LogP contribution in [0.15, 0.2) is 79.0 Å². The number of nitrogens with two attached hydrogens (primary N) is 1. The van der Waals surface area contributed by atoms with Crippen molar-refractivity contribution in [2.24, 2.45) is 5.73 Å². The predicted molar refractivity (Wildman–Crippen MR) is 113 cm³/mol. The van der Waals surface area contributed by atoms with Gasteiger partial charge in [0.1, 0.15) is 0 Å². The number of amides is 1. The number of nitrogens with one attached hydrogen (secondary N) is 1. The van der Waals surface area contributed by atoms with Crippen molar-refractivity contribution < 1.29 is 27.9 Å². The normalized spacial score (nSPS) is 11.7. The van der Waals surface area contributed by atoms with E-state index >= 15 is 0 Å². The van der Waals surface area contributed by atoms with Gasteiger partial charge in [-0.15, -0.1) is 0 Å². The zero-order valence-corrected chi connectivity index (χ0v) is 16.9. The van der Waals surface area contributed by atoms with Gasteiger partial charge in [0, 0.05) is 18.3 Å². The fourth-order valence-electron chi connectivity index (χ4n) is 2.74. The number of pyridine rings is 1. The maximum atomic E-state index is 11.8. The number of carboxylic acid groups (broad SMARTS) is 1. The van der Waals surface area contributed by atoms with Crippen LogP contribution in [0.3, 0.4) is 0 Å². The van der Waals surface area contributed by atoms with E-state index in [4.69, 9.17) is 15.6 Å². The van der Waals surface area contributed by atoms with Crippen LogP contribution in [0.5, 0.6) is 0 Å². The molecule has 2 aromatic carbocycles. The largest absolute Gasteiger partial charge is 0.490 e. The van der Waals surface area contributed by atoms with Gasteiger partial charge in [0.05, 0.1) is 11.7 Å². The van der Waals surface area contributed by atoms with Gasteiger partial charge in [0.2, 0.25) is 5.91 Å². The Kier molecular flexibility index (Phi) is 8.91. The molecule has 0 saturated heterocycles. The Bertz CT molecular complexity index is 1010. The molecule has 3 rings (SSSR count). The van der Waals surface area contributed by atoms with E-state index in [-0.39, 0.29) is 5.91 Å². The molecule has 168 valence electrons. The number of aromatic nitrogens is 1. The number of halogens is 3. The van der Waals surface area contributed by atoms with Crippen molar-refractivity contribution in [1.82, 2.24) is 10.3 Å². The SMILES string of the molecule is NC(=O)[C@H](Cc1ccccc1)NCc1cccc(-c2ccccn2)c1.O=C(O)C(F)(F)F. The van der Waals surface area contributed by atoms with Gasteiger partial charge in [-0.2, -0.15) is 13.2 Å². The van der Waals surface area contributed by atoms with Gasteiger partial charge in [-0.05, 0) is 35.7 Å². The number of alkyl halides is 3. The first-order chi connectivity index (χ1) is 15.2. The Morgan fingerprint density at radius 3 is 2.16 bits per heavy atom. The van der Waals surface area contributed by atoms with E-state index in [1.54, 1.807) is 6.20 Å². The summed E-state index contributed by atoms with van der Waals surface area (Å²) in [6, 6.07) is 23.5. The molecule has 0 bridgehead atoms. The molecule has 0 radical (unpaired) electrons. The highest BCUT2D eigenvalue weighted by atomic mass is 19.4. The number of carboxylic acids is 1. The monoisotopic (exact) mass is 445 g/mol. The van der Waals surface area contributed by atoms with Gasteiger partial charge in [-0.1, -0.05) is 54.6 Å². The number of hydrogen-bond acceptors (Lipinski definition) is 4. The van der Waals surface area contributed by atoms with Crippen LogP contribution in [0.1, 0.15) is 11.1 Å². The second kappa shape index (κ2) is 11.6. The third-order valence-corrected chi connectivity index (χ3v) is 4.31. The van der Waals surface area contributed by atoms with Gasteiger partial charge in [-0.25, -0.2) is 4.79 Å². The van der Waals surface area contributed by atoms with Crippen molar-refractivity contribution in [2.45, 2.75) is 25.2 Å². The molecule has 32 heavy (non-hydrogen) atoms. The Labute approximate surface area is 182 Å². The molecule has 0 unspecified atom stereocenters. The van der Waals surface area contributed by atoms with E-state index in [0.717, 1.165) is 22.4 Å². The van der Waals surface area contributed by atoms with Crippen molar-refractivity contribution in [3.63, 3.8) is 0 Å². The standard InChI is InChI=1S/C21H21N3O.C2HF3O2/c22-21(25)20(14-16-7-2-1-3-8-16)24-15-17-9-6-10-18(13-17)19-11-4-5-12-23-19;3-2(4,5)1(6)7/h1-13,20,24H,14-15H2,(H2,22,25);(H,6,7)/t20-;/m0./s1. The maximum absolute atomic E-state index is 11.8. The van der Waals surface area contributed by atoms with Gasteiger partial charge < -0.3 is 16.2 Å². The molecule has 0 fully saturated rings. The van der Waals surface area contributed by atoms with E-state index in [1.165, 1.54) is 0 Å². The Morgan fingerprint density at radius 2 is 1.59 bits per heavy atom. The molecule has 0 aliphatic carbocycles. The van der Waals surface area contributed by atoms with Crippen molar-refractivity contribution in [3.8, 4) is 11.3 Å². The molecule has 9 heteroatoms. The molecule has 1 atom stereocenters. The summed E-state index contributed by atoms with van der Waals surface area (Å²) < 4.78 is 31.7. The van der Waals surface area contributed by atoms with Crippen LogP contribution in [0.25, 0.3) is 11.3 Å². The van der Waals surface area contributed by atoms with Crippen LogP contribution < -0.4 is 11.1 Å². The average Bonchev–Trinajstić information content (AvgIpc) is 2.78. The molecule has 1 heterocycles. The van der Waals surface area contributed by atoms with Crippen molar-refractivity contribution in [2.75, 3.05) is 0 Å². The lowest BCUT2D eigenvalue weighted by Gasteiger charge is -2.16. The van der Waals surface area contributed by atoms with E-state index < -0.39 is 18.2 Å². The minimum absolute atomic E-state index is 0.343. The lowest BCUT2D eigenvalue weighted by atomic mass is 10.0. The van der Waals surface area contributed by atoms with Crippen molar-refractivity contribution in [1.29, 1.82) is 0 Å². The first-order valence-electron chi connectivity index (χ1n) is 9.54. The molecule has 6 nitrogen and oxygen atoms in total. The molecule has 1 aromatic heterocycles. The van der Waals surface area contributed by atoms with E-state index in [1.807, 2.05) is 66.7 Å². The number of benzene rings is 2. The summed E-state index contributed by atoms with van der Waals surface area (Å²) in [6.07, 6.45) is -2.72. The highest BCUT2D eigenvalue weighted by molar-refractivity contribution is 5.80. The first kappa shape index (κ1) is 24.5. The Balaban J connectivity index is 0.000000451. The van der Waals surface area contributed by atoms with Crippen LogP contribution in [-0.4, -0.2) is 34.2 Å². The molecular weight excluding hydrogens is 423 g/mol. The molecule has 3 aromatic rings.